The van der Waals surface area contributed by atoms with Crippen molar-refractivity contribution in [2.24, 2.45) is 7.05 Å². The molecule has 126 valence electrons. The van der Waals surface area contributed by atoms with Gasteiger partial charge in [0.05, 0.1) is 11.4 Å². The minimum Gasteiger partial charge on any atom is -0.488 e. The van der Waals surface area contributed by atoms with Gasteiger partial charge in [-0.1, -0.05) is 12.1 Å². The van der Waals surface area contributed by atoms with Crippen molar-refractivity contribution in [3.8, 4) is 17.0 Å². The van der Waals surface area contributed by atoms with E-state index < -0.39 is 17.5 Å². The molecule has 1 N–H and O–H groups in total. The fraction of sp³-hybridized carbons (Fsp3) is 0.111. The van der Waals surface area contributed by atoms with Gasteiger partial charge in [0, 0.05) is 24.2 Å². The summed E-state index contributed by atoms with van der Waals surface area (Å²) in [5, 5.41) is 6.69. The van der Waals surface area contributed by atoms with Crippen molar-refractivity contribution in [1.29, 1.82) is 0 Å². The molecule has 1 amide bonds. The lowest BCUT2D eigenvalue weighted by atomic mass is 10.0. The minimum absolute atomic E-state index is 0.108. The summed E-state index contributed by atoms with van der Waals surface area (Å²) in [5.41, 5.74) is 2.29. The fourth-order valence-electron chi connectivity index (χ4n) is 2.93. The number of aryl methyl sites for hydroxylation is 1. The third kappa shape index (κ3) is 2.53. The summed E-state index contributed by atoms with van der Waals surface area (Å²) in [6, 6.07) is 10.4. The number of nitrogens with zero attached hydrogens (tertiary/aromatic N) is 2. The first kappa shape index (κ1) is 15.3. The summed E-state index contributed by atoms with van der Waals surface area (Å²) in [7, 11) is 1.73. The van der Waals surface area contributed by atoms with Crippen LogP contribution in [0.3, 0.4) is 0 Å². The van der Waals surface area contributed by atoms with Gasteiger partial charge in [-0.15, -0.1) is 0 Å². The van der Waals surface area contributed by atoms with Gasteiger partial charge in [-0.25, -0.2) is 8.78 Å². The number of para-hydroxylation sites is 1. The summed E-state index contributed by atoms with van der Waals surface area (Å²) in [6.45, 7) is 0.189. The minimum atomic E-state index is -0.847. The SMILES string of the molecule is Cn1nc(C(=O)Nc2ccc(F)cc2F)c2c1-c1ccccc1OC2. The Morgan fingerprint density at radius 1 is 1.24 bits per heavy atom. The van der Waals surface area contributed by atoms with Gasteiger partial charge in [-0.05, 0) is 24.3 Å². The predicted molar refractivity (Wildman–Crippen MR) is 87.3 cm³/mol. The Kier molecular flexibility index (Phi) is 3.49. The first-order chi connectivity index (χ1) is 12.0. The van der Waals surface area contributed by atoms with E-state index in [1.807, 2.05) is 24.3 Å². The second-order valence-electron chi connectivity index (χ2n) is 5.66. The van der Waals surface area contributed by atoms with Crippen LogP contribution in [0.15, 0.2) is 42.5 Å². The van der Waals surface area contributed by atoms with Crippen molar-refractivity contribution in [2.75, 3.05) is 5.32 Å². The normalized spacial score (nSPS) is 12.1. The van der Waals surface area contributed by atoms with Gasteiger partial charge in [0.15, 0.2) is 5.69 Å². The summed E-state index contributed by atoms with van der Waals surface area (Å²) in [6.07, 6.45) is 0. The Hall–Kier alpha value is -3.22. The predicted octanol–water partition coefficient (Wildman–Crippen LogP) is 3.51. The van der Waals surface area contributed by atoms with Crippen LogP contribution >= 0.6 is 0 Å². The van der Waals surface area contributed by atoms with Gasteiger partial charge in [0.1, 0.15) is 24.0 Å². The van der Waals surface area contributed by atoms with Crippen molar-refractivity contribution in [3.05, 3.63) is 65.4 Å². The largest absolute Gasteiger partial charge is 0.488 e. The van der Waals surface area contributed by atoms with Crippen molar-refractivity contribution in [2.45, 2.75) is 6.61 Å². The van der Waals surface area contributed by atoms with Crippen LogP contribution in [0, 0.1) is 11.6 Å². The lowest BCUT2D eigenvalue weighted by molar-refractivity contribution is 0.101. The summed E-state index contributed by atoms with van der Waals surface area (Å²) in [4.78, 5) is 12.5. The molecule has 25 heavy (non-hydrogen) atoms. The molecule has 0 spiro atoms. The highest BCUT2D eigenvalue weighted by Gasteiger charge is 2.28. The average Bonchev–Trinajstić information content (AvgIpc) is 2.95. The van der Waals surface area contributed by atoms with Gasteiger partial charge in [0.25, 0.3) is 5.91 Å². The lowest BCUT2D eigenvalue weighted by Gasteiger charge is -2.18. The van der Waals surface area contributed by atoms with E-state index >= 15 is 0 Å². The number of fused-ring (bicyclic) bond motifs is 3. The zero-order valence-electron chi connectivity index (χ0n) is 13.2. The first-order valence-electron chi connectivity index (χ1n) is 7.59. The summed E-state index contributed by atoms with van der Waals surface area (Å²) < 4.78 is 34.0. The molecule has 0 radical (unpaired) electrons. The molecule has 1 aromatic heterocycles. The van der Waals surface area contributed by atoms with Crippen LogP contribution in [-0.2, 0) is 13.7 Å². The number of ether oxygens (including phenoxy) is 1. The van der Waals surface area contributed by atoms with Gasteiger partial charge >= 0.3 is 0 Å². The topological polar surface area (TPSA) is 56.2 Å². The number of anilines is 1. The zero-order chi connectivity index (χ0) is 17.6. The van der Waals surface area contributed by atoms with E-state index in [0.29, 0.717) is 11.6 Å². The summed E-state index contributed by atoms with van der Waals surface area (Å²) in [5.74, 6) is -1.42. The third-order valence-corrected chi connectivity index (χ3v) is 4.05. The van der Waals surface area contributed by atoms with Crippen LogP contribution in [0.1, 0.15) is 16.1 Å². The lowest BCUT2D eigenvalue weighted by Crippen LogP contribution is -2.17. The smallest absolute Gasteiger partial charge is 0.276 e. The van der Waals surface area contributed by atoms with Crippen molar-refractivity contribution < 1.29 is 18.3 Å². The number of hydrogen-bond donors (Lipinski definition) is 1. The molecule has 2 aromatic carbocycles. The molecule has 1 aliphatic heterocycles. The van der Waals surface area contributed by atoms with Crippen molar-refractivity contribution in [3.63, 3.8) is 0 Å². The number of rotatable bonds is 2. The maximum absolute atomic E-state index is 13.8. The average molecular weight is 341 g/mol. The number of amides is 1. The molecular formula is C18H13F2N3O2. The van der Waals surface area contributed by atoms with E-state index in [2.05, 4.69) is 10.4 Å². The van der Waals surface area contributed by atoms with E-state index in [1.165, 1.54) is 6.07 Å². The van der Waals surface area contributed by atoms with E-state index in [0.717, 1.165) is 23.1 Å². The molecule has 0 saturated carbocycles. The molecule has 1 aliphatic rings. The van der Waals surface area contributed by atoms with Gasteiger partial charge in [0.2, 0.25) is 0 Å². The number of aromatic nitrogens is 2. The van der Waals surface area contributed by atoms with Crippen LogP contribution in [0.4, 0.5) is 14.5 Å². The molecule has 0 atom stereocenters. The fourth-order valence-corrected chi connectivity index (χ4v) is 2.93. The second-order valence-corrected chi connectivity index (χ2v) is 5.66. The zero-order valence-corrected chi connectivity index (χ0v) is 13.2. The van der Waals surface area contributed by atoms with Crippen LogP contribution in [0.2, 0.25) is 0 Å². The molecule has 7 heteroatoms. The number of benzene rings is 2. The monoisotopic (exact) mass is 341 g/mol. The Labute approximate surface area is 141 Å². The highest BCUT2D eigenvalue weighted by molar-refractivity contribution is 6.05. The van der Waals surface area contributed by atoms with Crippen LogP contribution < -0.4 is 10.1 Å². The first-order valence-corrected chi connectivity index (χ1v) is 7.59. The number of carbonyl (C=O) groups is 1. The number of halogens is 2. The Morgan fingerprint density at radius 3 is 2.84 bits per heavy atom. The molecule has 0 unspecified atom stereocenters. The highest BCUT2D eigenvalue weighted by Crippen LogP contribution is 2.38. The highest BCUT2D eigenvalue weighted by atomic mass is 19.1. The van der Waals surface area contributed by atoms with Gasteiger partial charge < -0.3 is 10.1 Å². The Morgan fingerprint density at radius 2 is 2.04 bits per heavy atom. The van der Waals surface area contributed by atoms with Gasteiger partial charge in [-0.3, -0.25) is 9.48 Å². The van der Waals surface area contributed by atoms with E-state index in [9.17, 15) is 13.6 Å². The number of carbonyl (C=O) groups excluding carboxylic acids is 1. The van der Waals surface area contributed by atoms with E-state index in [4.69, 9.17) is 4.74 Å². The quantitative estimate of drug-likeness (QED) is 0.776. The van der Waals surface area contributed by atoms with E-state index in [1.54, 1.807) is 11.7 Å². The molecule has 0 saturated heterocycles. The van der Waals surface area contributed by atoms with Crippen LogP contribution in [0.25, 0.3) is 11.3 Å². The van der Waals surface area contributed by atoms with Crippen LogP contribution in [0.5, 0.6) is 5.75 Å². The van der Waals surface area contributed by atoms with Gasteiger partial charge in [-0.2, -0.15) is 5.10 Å². The van der Waals surface area contributed by atoms with Crippen molar-refractivity contribution in [1.82, 2.24) is 9.78 Å². The molecular weight excluding hydrogens is 328 g/mol. The number of nitrogens with one attached hydrogen (secondary N) is 1. The molecule has 0 bridgehead atoms. The molecule has 0 aliphatic carbocycles. The van der Waals surface area contributed by atoms with Crippen molar-refractivity contribution >= 4 is 11.6 Å². The molecule has 0 fully saturated rings. The maximum Gasteiger partial charge on any atom is 0.276 e. The molecule has 2 heterocycles. The Bertz CT molecular complexity index is 998. The maximum atomic E-state index is 13.8. The molecule has 4 rings (SSSR count). The second kappa shape index (κ2) is 5.70. The standard InChI is InChI=1S/C18H13F2N3O2/c1-23-17-11-4-2-3-5-15(11)25-9-12(17)16(22-23)18(24)21-14-7-6-10(19)8-13(14)20/h2-8H,9H2,1H3,(H,21,24). The van der Waals surface area contributed by atoms with E-state index in [-0.39, 0.29) is 18.0 Å². The third-order valence-electron chi connectivity index (χ3n) is 4.05. The number of hydrogen-bond acceptors (Lipinski definition) is 3. The molecule has 3 aromatic rings. The van der Waals surface area contributed by atoms with Crippen LogP contribution in [-0.4, -0.2) is 15.7 Å². The Balaban J connectivity index is 1.72. The molecule has 5 nitrogen and oxygen atoms in total. The summed E-state index contributed by atoms with van der Waals surface area (Å²) >= 11 is 0.